The summed E-state index contributed by atoms with van der Waals surface area (Å²) < 4.78 is 6.91. The fraction of sp³-hybridized carbons (Fsp3) is 0.304. The Bertz CT molecular complexity index is 1130. The molecule has 2 aromatic carbocycles. The number of hydrogen-bond donors (Lipinski definition) is 2. The Kier molecular flexibility index (Phi) is 8.35. The minimum absolute atomic E-state index is 0.124. The number of ether oxygens (including phenoxy) is 1. The number of aromatic nitrogens is 3. The molecule has 0 spiro atoms. The molecule has 0 unspecified atom stereocenters. The molecule has 0 aliphatic heterocycles. The fourth-order valence-electron chi connectivity index (χ4n) is 3.16. The molecular formula is C23H26ClN5O3S. The van der Waals surface area contributed by atoms with Crippen molar-refractivity contribution < 1.29 is 14.3 Å². The predicted octanol–water partition coefficient (Wildman–Crippen LogP) is 3.94. The quantitative estimate of drug-likeness (QED) is 0.444. The number of aryl methyl sites for hydroxylation is 1. The summed E-state index contributed by atoms with van der Waals surface area (Å²) in [6.45, 7) is 3.75. The molecule has 0 saturated heterocycles. The van der Waals surface area contributed by atoms with Gasteiger partial charge in [0.15, 0.2) is 11.0 Å². The van der Waals surface area contributed by atoms with E-state index in [4.69, 9.17) is 16.3 Å². The van der Waals surface area contributed by atoms with Crippen LogP contribution in [0.4, 0.5) is 5.69 Å². The van der Waals surface area contributed by atoms with Gasteiger partial charge in [-0.1, -0.05) is 41.6 Å². The molecule has 0 saturated carbocycles. The van der Waals surface area contributed by atoms with E-state index >= 15 is 0 Å². The number of hydrogen-bond acceptors (Lipinski definition) is 6. The first-order valence-electron chi connectivity index (χ1n) is 10.3. The molecule has 33 heavy (non-hydrogen) atoms. The third-order valence-corrected chi connectivity index (χ3v) is 6.22. The minimum Gasteiger partial charge on any atom is -0.497 e. The summed E-state index contributed by atoms with van der Waals surface area (Å²) in [7, 11) is 3.41. The van der Waals surface area contributed by atoms with Crippen molar-refractivity contribution in [3.63, 3.8) is 0 Å². The van der Waals surface area contributed by atoms with E-state index in [0.29, 0.717) is 21.7 Å². The van der Waals surface area contributed by atoms with Gasteiger partial charge in [-0.2, -0.15) is 0 Å². The van der Waals surface area contributed by atoms with Crippen LogP contribution < -0.4 is 15.4 Å². The highest BCUT2D eigenvalue weighted by Crippen LogP contribution is 2.22. The molecule has 3 rings (SSSR count). The number of amides is 2. The first-order chi connectivity index (χ1) is 15.8. The number of benzene rings is 2. The van der Waals surface area contributed by atoms with Crippen molar-refractivity contribution >= 4 is 40.9 Å². The summed E-state index contributed by atoms with van der Waals surface area (Å²) in [5.74, 6) is 1.22. The standard InChI is InChI=1S/C23H26ClN5O3S/c1-14-5-8-17(24)12-19(14)26-21(31)13-33-23-28-27-22(29(23)3)15(2)25-20(30)11-16-6-9-18(32-4)10-7-16/h5-10,12,15H,11,13H2,1-4H3,(H,25,30)(H,26,31)/t15-/m0/s1. The van der Waals surface area contributed by atoms with Crippen molar-refractivity contribution in [3.05, 3.63) is 64.4 Å². The van der Waals surface area contributed by atoms with Gasteiger partial charge < -0.3 is 19.9 Å². The van der Waals surface area contributed by atoms with E-state index in [-0.39, 0.29) is 30.0 Å². The van der Waals surface area contributed by atoms with Crippen molar-refractivity contribution in [2.75, 3.05) is 18.2 Å². The van der Waals surface area contributed by atoms with Crippen LogP contribution in [0.2, 0.25) is 5.02 Å². The number of rotatable bonds is 9. The molecule has 2 N–H and O–H groups in total. The fourth-order valence-corrected chi connectivity index (χ4v) is 4.05. The molecule has 3 aromatic rings. The summed E-state index contributed by atoms with van der Waals surface area (Å²) in [6, 6.07) is 12.4. The van der Waals surface area contributed by atoms with Gasteiger partial charge in [0.05, 0.1) is 25.3 Å². The van der Waals surface area contributed by atoms with Crippen LogP contribution >= 0.6 is 23.4 Å². The molecule has 1 atom stereocenters. The number of nitrogens with one attached hydrogen (secondary N) is 2. The van der Waals surface area contributed by atoms with E-state index in [9.17, 15) is 9.59 Å². The van der Waals surface area contributed by atoms with Gasteiger partial charge in [-0.25, -0.2) is 0 Å². The Balaban J connectivity index is 1.53. The molecule has 0 aliphatic carbocycles. The van der Waals surface area contributed by atoms with Gasteiger partial charge in [0, 0.05) is 17.8 Å². The molecule has 174 valence electrons. The second kappa shape index (κ2) is 11.2. The van der Waals surface area contributed by atoms with Crippen LogP contribution in [0.5, 0.6) is 5.75 Å². The third-order valence-electron chi connectivity index (χ3n) is 4.96. The van der Waals surface area contributed by atoms with Crippen molar-refractivity contribution in [2.45, 2.75) is 31.5 Å². The van der Waals surface area contributed by atoms with Gasteiger partial charge in [0.2, 0.25) is 11.8 Å². The number of anilines is 1. The summed E-state index contributed by atoms with van der Waals surface area (Å²) in [6.07, 6.45) is 0.247. The van der Waals surface area contributed by atoms with Crippen LogP contribution in [0.3, 0.4) is 0 Å². The van der Waals surface area contributed by atoms with Crippen LogP contribution in [-0.4, -0.2) is 39.4 Å². The van der Waals surface area contributed by atoms with Crippen molar-refractivity contribution in [2.24, 2.45) is 7.05 Å². The van der Waals surface area contributed by atoms with Gasteiger partial charge in [-0.3, -0.25) is 9.59 Å². The largest absolute Gasteiger partial charge is 0.497 e. The van der Waals surface area contributed by atoms with E-state index < -0.39 is 0 Å². The minimum atomic E-state index is -0.342. The lowest BCUT2D eigenvalue weighted by molar-refractivity contribution is -0.121. The molecule has 1 aromatic heterocycles. The molecule has 0 fully saturated rings. The molecule has 0 radical (unpaired) electrons. The lowest BCUT2D eigenvalue weighted by Gasteiger charge is -2.14. The van der Waals surface area contributed by atoms with Gasteiger partial charge >= 0.3 is 0 Å². The number of halogens is 1. The second-order valence-corrected chi connectivity index (χ2v) is 8.89. The Morgan fingerprint density at radius 1 is 1.15 bits per heavy atom. The first kappa shape index (κ1) is 24.6. The highest BCUT2D eigenvalue weighted by molar-refractivity contribution is 7.99. The van der Waals surface area contributed by atoms with Crippen molar-refractivity contribution in [3.8, 4) is 5.75 Å². The zero-order valence-corrected chi connectivity index (χ0v) is 20.5. The summed E-state index contributed by atoms with van der Waals surface area (Å²) in [5, 5.41) is 15.3. The average molecular weight is 488 g/mol. The maximum absolute atomic E-state index is 12.4. The number of thioether (sulfide) groups is 1. The second-order valence-electron chi connectivity index (χ2n) is 7.51. The lowest BCUT2D eigenvalue weighted by Crippen LogP contribution is -2.29. The van der Waals surface area contributed by atoms with Gasteiger partial charge in [-0.15, -0.1) is 10.2 Å². The molecule has 0 aliphatic rings. The highest BCUT2D eigenvalue weighted by atomic mass is 35.5. The number of carbonyl (C=O) groups is 2. The number of nitrogens with zero attached hydrogens (tertiary/aromatic N) is 3. The van der Waals surface area contributed by atoms with Crippen LogP contribution in [0.1, 0.15) is 29.9 Å². The van der Waals surface area contributed by atoms with Gasteiger partial charge in [0.1, 0.15) is 5.75 Å². The van der Waals surface area contributed by atoms with E-state index in [1.54, 1.807) is 23.8 Å². The predicted molar refractivity (Wildman–Crippen MR) is 130 cm³/mol. The zero-order valence-electron chi connectivity index (χ0n) is 18.9. The van der Waals surface area contributed by atoms with Crippen LogP contribution in [-0.2, 0) is 23.1 Å². The Labute approximate surface area is 202 Å². The smallest absolute Gasteiger partial charge is 0.234 e. The van der Waals surface area contributed by atoms with Crippen LogP contribution in [0.15, 0.2) is 47.6 Å². The Morgan fingerprint density at radius 2 is 1.88 bits per heavy atom. The van der Waals surface area contributed by atoms with Gasteiger partial charge in [0.25, 0.3) is 0 Å². The molecule has 2 amide bonds. The topological polar surface area (TPSA) is 98.1 Å². The van der Waals surface area contributed by atoms with E-state index in [0.717, 1.165) is 16.9 Å². The maximum atomic E-state index is 12.4. The molecule has 10 heteroatoms. The van der Waals surface area contributed by atoms with Crippen molar-refractivity contribution in [1.29, 1.82) is 0 Å². The SMILES string of the molecule is COc1ccc(CC(=O)N[C@@H](C)c2nnc(SCC(=O)Nc3cc(Cl)ccc3C)n2C)cc1. The highest BCUT2D eigenvalue weighted by Gasteiger charge is 2.18. The van der Waals surface area contributed by atoms with Crippen molar-refractivity contribution in [1.82, 2.24) is 20.1 Å². The number of carbonyl (C=O) groups excluding carboxylic acids is 2. The lowest BCUT2D eigenvalue weighted by atomic mass is 10.1. The summed E-state index contributed by atoms with van der Waals surface area (Å²) >= 11 is 7.27. The zero-order chi connectivity index (χ0) is 24.0. The van der Waals surface area contributed by atoms with E-state index in [2.05, 4.69) is 20.8 Å². The third kappa shape index (κ3) is 6.72. The van der Waals surface area contributed by atoms with Crippen LogP contribution in [0.25, 0.3) is 0 Å². The normalized spacial score (nSPS) is 11.7. The molecular weight excluding hydrogens is 462 g/mol. The number of methoxy groups -OCH3 is 1. The van der Waals surface area contributed by atoms with Crippen LogP contribution in [0, 0.1) is 6.92 Å². The monoisotopic (exact) mass is 487 g/mol. The summed E-state index contributed by atoms with van der Waals surface area (Å²) in [5.41, 5.74) is 2.49. The Hall–Kier alpha value is -3.04. The maximum Gasteiger partial charge on any atom is 0.234 e. The van der Waals surface area contributed by atoms with Gasteiger partial charge in [-0.05, 0) is 49.2 Å². The molecule has 1 heterocycles. The Morgan fingerprint density at radius 3 is 2.58 bits per heavy atom. The molecule has 8 nitrogen and oxygen atoms in total. The summed E-state index contributed by atoms with van der Waals surface area (Å²) in [4.78, 5) is 24.8. The van der Waals surface area contributed by atoms with E-state index in [1.807, 2.05) is 51.2 Å². The molecule has 0 bridgehead atoms. The van der Waals surface area contributed by atoms with E-state index in [1.165, 1.54) is 11.8 Å². The average Bonchev–Trinajstić information content (AvgIpc) is 3.15. The first-order valence-corrected chi connectivity index (χ1v) is 11.6.